The molecule has 1 amide bonds. The Balaban J connectivity index is 1.26. The van der Waals surface area contributed by atoms with Gasteiger partial charge in [-0.05, 0) is 59.7 Å². The average molecular weight is 631 g/mol. The van der Waals surface area contributed by atoms with Crippen molar-refractivity contribution in [3.8, 4) is 23.0 Å². The van der Waals surface area contributed by atoms with E-state index in [2.05, 4.69) is 10.1 Å². The number of hydrogen-bond acceptors (Lipinski definition) is 9. The first-order valence-corrected chi connectivity index (χ1v) is 15.5. The van der Waals surface area contributed by atoms with Crippen LogP contribution in [-0.4, -0.2) is 57.8 Å². The zero-order valence-corrected chi connectivity index (χ0v) is 25.9. The number of aliphatic hydroxyl groups excluding tert-OH is 1. The summed E-state index contributed by atoms with van der Waals surface area (Å²) in [6, 6.07) is 32.7. The molecular weight excluding hydrogens is 596 g/mol. The molecule has 2 aliphatic rings. The molecule has 3 heterocycles. The molecule has 0 saturated carbocycles. The van der Waals surface area contributed by atoms with E-state index in [0.717, 1.165) is 33.6 Å². The third-order valence-electron chi connectivity index (χ3n) is 8.45. The van der Waals surface area contributed by atoms with E-state index in [1.807, 2.05) is 103 Å². The van der Waals surface area contributed by atoms with Gasteiger partial charge in [0.25, 0.3) is 11.8 Å². The Hall–Kier alpha value is -5.48. The number of methoxy groups -OCH3 is 1. The number of rotatable bonds is 11. The van der Waals surface area contributed by atoms with E-state index in [0.29, 0.717) is 49.4 Å². The minimum absolute atomic E-state index is 0.0662. The van der Waals surface area contributed by atoms with Crippen molar-refractivity contribution in [3.05, 3.63) is 131 Å². The summed E-state index contributed by atoms with van der Waals surface area (Å²) in [5.74, 6) is 2.35. The summed E-state index contributed by atoms with van der Waals surface area (Å²) in [5, 5.41) is 13.3. The summed E-state index contributed by atoms with van der Waals surface area (Å²) in [5.41, 5.74) is 3.04. The first-order chi connectivity index (χ1) is 23.1. The largest absolute Gasteiger partial charge is 0.497 e. The highest BCUT2D eigenvalue weighted by Gasteiger charge is 2.56. The van der Waals surface area contributed by atoms with Gasteiger partial charge in [-0.3, -0.25) is 4.79 Å². The molecule has 0 fully saturated rings. The third-order valence-corrected chi connectivity index (χ3v) is 8.45. The number of nitrogens with zero attached hydrogens (tertiary/aromatic N) is 4. The van der Waals surface area contributed by atoms with E-state index in [1.165, 1.54) is 0 Å². The molecule has 0 aliphatic carbocycles. The Kier molecular flexibility index (Phi) is 8.41. The zero-order chi connectivity index (χ0) is 32.2. The summed E-state index contributed by atoms with van der Waals surface area (Å²) in [7, 11) is 1.61. The molecule has 2 aliphatic heterocycles. The molecule has 47 heavy (non-hydrogen) atoms. The smallest absolute Gasteiger partial charge is 0.257 e. The number of fused-ring (bicyclic) bond motifs is 3. The monoisotopic (exact) mass is 630 g/mol. The molecule has 10 heteroatoms. The van der Waals surface area contributed by atoms with Crippen molar-refractivity contribution in [2.24, 2.45) is 4.99 Å². The summed E-state index contributed by atoms with van der Waals surface area (Å²) in [6.45, 7) is 0.943. The summed E-state index contributed by atoms with van der Waals surface area (Å²) in [4.78, 5) is 26.5. The number of carbonyl (C=O) groups excluding carboxylic acids is 1. The summed E-state index contributed by atoms with van der Waals surface area (Å²) >= 11 is 0. The normalized spacial score (nSPS) is 18.5. The number of aliphatic imine (C=N–C) groups is 1. The minimum atomic E-state index is -1.29. The van der Waals surface area contributed by atoms with Crippen LogP contribution in [0, 0.1) is 0 Å². The lowest BCUT2D eigenvalue weighted by atomic mass is 9.81. The number of aromatic nitrogens is 2. The van der Waals surface area contributed by atoms with Crippen LogP contribution in [-0.2, 0) is 29.0 Å². The van der Waals surface area contributed by atoms with Crippen molar-refractivity contribution in [3.63, 3.8) is 0 Å². The maximum Gasteiger partial charge on any atom is 0.257 e. The molecule has 0 bridgehead atoms. The van der Waals surface area contributed by atoms with Gasteiger partial charge in [0.05, 0.1) is 20.3 Å². The van der Waals surface area contributed by atoms with Crippen molar-refractivity contribution in [2.75, 3.05) is 20.3 Å². The SMILES string of the molecule is COc1ccc(-c2nc(CN3Cc4ccccc4[C@H]4OC(c5ccc(OCCCO)cc5)=N[C@@]4(Cc4ccccc4)C3=O)no2)cc1. The molecule has 0 spiro atoms. The van der Waals surface area contributed by atoms with Gasteiger partial charge >= 0.3 is 0 Å². The van der Waals surface area contributed by atoms with E-state index in [-0.39, 0.29) is 19.1 Å². The van der Waals surface area contributed by atoms with Gasteiger partial charge in [-0.1, -0.05) is 59.8 Å². The fourth-order valence-corrected chi connectivity index (χ4v) is 6.10. The lowest BCUT2D eigenvalue weighted by Crippen LogP contribution is -2.49. The van der Waals surface area contributed by atoms with E-state index < -0.39 is 11.6 Å². The highest BCUT2D eigenvalue weighted by molar-refractivity contribution is 6.01. The van der Waals surface area contributed by atoms with Gasteiger partial charge in [-0.15, -0.1) is 0 Å². The molecule has 0 saturated heterocycles. The van der Waals surface area contributed by atoms with Crippen LogP contribution in [0.4, 0.5) is 0 Å². The molecule has 0 unspecified atom stereocenters. The number of amides is 1. The van der Waals surface area contributed by atoms with E-state index in [1.54, 1.807) is 12.0 Å². The van der Waals surface area contributed by atoms with Crippen molar-refractivity contribution in [1.29, 1.82) is 0 Å². The van der Waals surface area contributed by atoms with E-state index >= 15 is 0 Å². The summed E-state index contributed by atoms with van der Waals surface area (Å²) in [6.07, 6.45) is 0.218. The molecule has 1 aromatic heterocycles. The van der Waals surface area contributed by atoms with Gasteiger partial charge in [0.1, 0.15) is 11.5 Å². The molecule has 10 nitrogen and oxygen atoms in total. The highest BCUT2D eigenvalue weighted by atomic mass is 16.5. The van der Waals surface area contributed by atoms with Crippen molar-refractivity contribution in [1.82, 2.24) is 15.0 Å². The Morgan fingerprint density at radius 1 is 0.915 bits per heavy atom. The predicted octanol–water partition coefficient (Wildman–Crippen LogP) is 5.55. The topological polar surface area (TPSA) is 120 Å². The fraction of sp³-hybridized carbons (Fsp3) is 0.243. The van der Waals surface area contributed by atoms with Gasteiger partial charge in [-0.2, -0.15) is 4.98 Å². The molecule has 4 aromatic carbocycles. The van der Waals surface area contributed by atoms with Crippen LogP contribution in [0.5, 0.6) is 11.5 Å². The van der Waals surface area contributed by atoms with Gasteiger partial charge in [0, 0.05) is 42.7 Å². The Labute approximate surface area is 272 Å². The molecule has 0 radical (unpaired) electrons. The van der Waals surface area contributed by atoms with Gasteiger partial charge in [0.2, 0.25) is 5.90 Å². The molecule has 238 valence electrons. The second-order valence-electron chi connectivity index (χ2n) is 11.6. The number of hydrogen-bond donors (Lipinski definition) is 1. The maximum atomic E-state index is 14.9. The Morgan fingerprint density at radius 3 is 2.40 bits per heavy atom. The Morgan fingerprint density at radius 2 is 1.64 bits per heavy atom. The van der Waals surface area contributed by atoms with Crippen LogP contribution in [0.3, 0.4) is 0 Å². The van der Waals surface area contributed by atoms with Crippen molar-refractivity contribution >= 4 is 11.8 Å². The Bertz CT molecular complexity index is 1870. The first kappa shape index (κ1) is 30.2. The second kappa shape index (κ2) is 13.1. The molecule has 1 N–H and O–H groups in total. The van der Waals surface area contributed by atoms with Crippen LogP contribution in [0.1, 0.15) is 40.6 Å². The van der Waals surface area contributed by atoms with Gasteiger partial charge in [-0.25, -0.2) is 4.99 Å². The van der Waals surface area contributed by atoms with Crippen LogP contribution < -0.4 is 9.47 Å². The zero-order valence-electron chi connectivity index (χ0n) is 25.9. The molecule has 5 aromatic rings. The number of ether oxygens (including phenoxy) is 3. The lowest BCUT2D eigenvalue weighted by Gasteiger charge is -2.32. The summed E-state index contributed by atoms with van der Waals surface area (Å²) < 4.78 is 23.3. The second-order valence-corrected chi connectivity index (χ2v) is 11.6. The maximum absolute atomic E-state index is 14.9. The van der Waals surface area contributed by atoms with E-state index in [4.69, 9.17) is 28.8 Å². The predicted molar refractivity (Wildman–Crippen MR) is 174 cm³/mol. The number of aliphatic hydroxyl groups is 1. The quantitative estimate of drug-likeness (QED) is 0.189. The van der Waals surface area contributed by atoms with Crippen LogP contribution >= 0.6 is 0 Å². The number of benzene rings is 4. The third kappa shape index (κ3) is 6.07. The van der Waals surface area contributed by atoms with Crippen LogP contribution in [0.15, 0.2) is 113 Å². The van der Waals surface area contributed by atoms with Crippen molar-refractivity contribution in [2.45, 2.75) is 37.6 Å². The minimum Gasteiger partial charge on any atom is -0.497 e. The number of carbonyl (C=O) groups is 1. The van der Waals surface area contributed by atoms with Gasteiger partial charge < -0.3 is 28.7 Å². The standard InChI is InChI=1S/C37H34N4O6/c1-44-29-16-12-26(13-17-29)34-38-32(40-47-34)24-41-23-28-10-5-6-11-31(28)33-37(36(41)43,22-25-8-3-2-4-9-25)39-35(46-33)27-14-18-30(19-15-27)45-21-7-20-42/h2-6,8-19,33,42H,7,20-24H2,1H3/t33-,37-/m1/s1. The highest BCUT2D eigenvalue weighted by Crippen LogP contribution is 2.47. The fourth-order valence-electron chi connectivity index (χ4n) is 6.10. The average Bonchev–Trinajstić information content (AvgIpc) is 3.72. The first-order valence-electron chi connectivity index (χ1n) is 15.5. The van der Waals surface area contributed by atoms with Crippen LogP contribution in [0.25, 0.3) is 11.5 Å². The van der Waals surface area contributed by atoms with Crippen molar-refractivity contribution < 1.29 is 28.6 Å². The van der Waals surface area contributed by atoms with Gasteiger partial charge in [0.15, 0.2) is 17.5 Å². The van der Waals surface area contributed by atoms with E-state index in [9.17, 15) is 4.79 Å². The molecule has 7 rings (SSSR count). The van der Waals surface area contributed by atoms with Crippen LogP contribution in [0.2, 0.25) is 0 Å². The lowest BCUT2D eigenvalue weighted by molar-refractivity contribution is -0.140. The molecule has 2 atom stereocenters. The molecular formula is C37H34N4O6.